The topological polar surface area (TPSA) is 116 Å². The first-order valence-corrected chi connectivity index (χ1v) is 9.97. The van der Waals surface area contributed by atoms with E-state index in [1.807, 2.05) is 30.3 Å². The molecule has 1 amide bonds. The van der Waals surface area contributed by atoms with Gasteiger partial charge >= 0.3 is 0 Å². The number of hydrogen-bond donors (Lipinski definition) is 1. The number of aromatic nitrogens is 1. The summed E-state index contributed by atoms with van der Waals surface area (Å²) in [6, 6.07) is 15.9. The number of rotatable bonds is 10. The van der Waals surface area contributed by atoms with Gasteiger partial charge in [-0.25, -0.2) is 0 Å². The average Bonchev–Trinajstić information content (AvgIpc) is 3.25. The van der Waals surface area contributed by atoms with Crippen LogP contribution in [0.5, 0.6) is 23.0 Å². The van der Waals surface area contributed by atoms with Gasteiger partial charge in [-0.1, -0.05) is 23.4 Å². The van der Waals surface area contributed by atoms with Gasteiger partial charge in [-0.05, 0) is 42.8 Å². The number of nitrogens with zero attached hydrogens (tertiary/aromatic N) is 2. The number of ether oxygens (including phenoxy) is 4. The van der Waals surface area contributed by atoms with Crippen molar-refractivity contribution in [2.24, 2.45) is 0 Å². The molecule has 0 aliphatic heterocycles. The van der Waals surface area contributed by atoms with Crippen LogP contribution in [-0.2, 0) is 4.79 Å². The number of carbonyl (C=O) groups excluding carboxylic acids is 1. The molecular formula is C24H23N3O6. The van der Waals surface area contributed by atoms with Gasteiger partial charge in [0.05, 0.1) is 14.2 Å². The van der Waals surface area contributed by atoms with E-state index in [1.54, 1.807) is 38.3 Å². The van der Waals surface area contributed by atoms with Crippen LogP contribution in [0.1, 0.15) is 11.3 Å². The van der Waals surface area contributed by atoms with Crippen LogP contribution in [0.25, 0.3) is 6.08 Å². The van der Waals surface area contributed by atoms with Crippen LogP contribution in [0.2, 0.25) is 0 Å². The van der Waals surface area contributed by atoms with Crippen molar-refractivity contribution in [2.75, 3.05) is 32.8 Å². The lowest BCUT2D eigenvalue weighted by Gasteiger charge is -2.13. The van der Waals surface area contributed by atoms with Gasteiger partial charge in [0.15, 0.2) is 28.8 Å². The van der Waals surface area contributed by atoms with Gasteiger partial charge < -0.3 is 28.8 Å². The fourth-order valence-electron chi connectivity index (χ4n) is 2.86. The van der Waals surface area contributed by atoms with Crippen LogP contribution in [-0.4, -0.2) is 38.5 Å². The second kappa shape index (κ2) is 11.2. The van der Waals surface area contributed by atoms with Gasteiger partial charge in [0.2, 0.25) is 0 Å². The smallest absolute Gasteiger partial charge is 0.267 e. The maximum absolute atomic E-state index is 12.4. The van der Waals surface area contributed by atoms with E-state index < -0.39 is 5.91 Å². The number of para-hydroxylation sites is 2. The zero-order valence-electron chi connectivity index (χ0n) is 18.5. The maximum Gasteiger partial charge on any atom is 0.267 e. The van der Waals surface area contributed by atoms with E-state index in [2.05, 4.69) is 10.5 Å². The Labute approximate surface area is 191 Å². The molecule has 0 atom stereocenters. The van der Waals surface area contributed by atoms with Crippen LogP contribution in [0, 0.1) is 18.3 Å². The number of anilines is 1. The second-order valence-electron chi connectivity index (χ2n) is 6.70. The van der Waals surface area contributed by atoms with Gasteiger partial charge in [-0.3, -0.25) is 4.79 Å². The lowest BCUT2D eigenvalue weighted by atomic mass is 10.1. The molecule has 1 aromatic heterocycles. The van der Waals surface area contributed by atoms with E-state index in [9.17, 15) is 10.1 Å². The molecule has 0 saturated carbocycles. The van der Waals surface area contributed by atoms with Crippen LogP contribution in [0.3, 0.4) is 0 Å². The molecule has 0 unspecified atom stereocenters. The summed E-state index contributed by atoms with van der Waals surface area (Å²) in [4.78, 5) is 12.4. The molecule has 0 saturated heterocycles. The fraction of sp³-hybridized carbons (Fsp3) is 0.208. The molecule has 3 rings (SSSR count). The molecular weight excluding hydrogens is 426 g/mol. The Morgan fingerprint density at radius 3 is 2.30 bits per heavy atom. The first-order valence-electron chi connectivity index (χ1n) is 9.97. The molecule has 9 heteroatoms. The van der Waals surface area contributed by atoms with E-state index in [0.29, 0.717) is 40.9 Å². The molecule has 9 nitrogen and oxygen atoms in total. The van der Waals surface area contributed by atoms with Gasteiger partial charge in [0.1, 0.15) is 30.6 Å². The third kappa shape index (κ3) is 6.27. The number of carbonyl (C=O) groups is 1. The van der Waals surface area contributed by atoms with Crippen LogP contribution < -0.4 is 24.3 Å². The Morgan fingerprint density at radius 2 is 1.70 bits per heavy atom. The van der Waals surface area contributed by atoms with Crippen LogP contribution in [0.15, 0.2) is 58.6 Å². The molecule has 0 fully saturated rings. The monoisotopic (exact) mass is 449 g/mol. The van der Waals surface area contributed by atoms with Gasteiger partial charge in [-0.2, -0.15) is 5.26 Å². The predicted molar refractivity (Wildman–Crippen MR) is 120 cm³/mol. The minimum Gasteiger partial charge on any atom is -0.493 e. The van der Waals surface area contributed by atoms with Crippen molar-refractivity contribution >= 4 is 17.8 Å². The molecule has 0 aliphatic rings. The highest BCUT2D eigenvalue weighted by Gasteiger charge is 2.13. The van der Waals surface area contributed by atoms with Crippen molar-refractivity contribution in [1.29, 1.82) is 5.26 Å². The number of hydrogen-bond acceptors (Lipinski definition) is 8. The summed E-state index contributed by atoms with van der Waals surface area (Å²) in [5, 5.41) is 15.6. The third-order valence-electron chi connectivity index (χ3n) is 4.40. The Balaban J connectivity index is 1.63. The molecule has 2 aromatic carbocycles. The van der Waals surface area contributed by atoms with E-state index >= 15 is 0 Å². The summed E-state index contributed by atoms with van der Waals surface area (Å²) in [6.07, 6.45) is 1.44. The maximum atomic E-state index is 12.4. The number of methoxy groups -OCH3 is 2. The number of amides is 1. The van der Waals surface area contributed by atoms with E-state index in [0.717, 1.165) is 0 Å². The third-order valence-corrected chi connectivity index (χ3v) is 4.40. The van der Waals surface area contributed by atoms with Gasteiger partial charge in [0, 0.05) is 6.07 Å². The highest BCUT2D eigenvalue weighted by Crippen LogP contribution is 2.29. The predicted octanol–water partition coefficient (Wildman–Crippen LogP) is 4.00. The quantitative estimate of drug-likeness (QED) is 0.280. The standard InChI is InChI=1S/C24H23N3O6/c1-16-12-23(27-33-16)26-24(28)18(15-25)13-17-8-9-21(22(14-17)30-3)32-11-10-31-20-7-5-4-6-19(20)29-2/h4-9,12-14H,10-11H2,1-3H3,(H,26,27,28). The van der Waals surface area contributed by atoms with Crippen molar-refractivity contribution in [3.63, 3.8) is 0 Å². The van der Waals surface area contributed by atoms with E-state index in [4.69, 9.17) is 23.5 Å². The highest BCUT2D eigenvalue weighted by atomic mass is 16.5. The minimum absolute atomic E-state index is 0.100. The summed E-state index contributed by atoms with van der Waals surface area (Å²) in [7, 11) is 3.09. The highest BCUT2D eigenvalue weighted by molar-refractivity contribution is 6.09. The van der Waals surface area contributed by atoms with E-state index in [1.165, 1.54) is 13.2 Å². The number of nitrogens with one attached hydrogen (secondary N) is 1. The summed E-state index contributed by atoms with van der Waals surface area (Å²) < 4.78 is 27.0. The second-order valence-corrected chi connectivity index (χ2v) is 6.70. The lowest BCUT2D eigenvalue weighted by Crippen LogP contribution is -2.13. The van der Waals surface area contributed by atoms with Crippen molar-refractivity contribution in [1.82, 2.24) is 5.16 Å². The Morgan fingerprint density at radius 1 is 1.03 bits per heavy atom. The van der Waals surface area contributed by atoms with Crippen LogP contribution >= 0.6 is 0 Å². The fourth-order valence-corrected chi connectivity index (χ4v) is 2.86. The molecule has 0 bridgehead atoms. The Bertz CT molecular complexity index is 1180. The van der Waals surface area contributed by atoms with Gasteiger partial charge in [-0.15, -0.1) is 0 Å². The average molecular weight is 449 g/mol. The van der Waals surface area contributed by atoms with Crippen LogP contribution in [0.4, 0.5) is 5.82 Å². The summed E-state index contributed by atoms with van der Waals surface area (Å²) in [6.45, 7) is 2.27. The molecule has 170 valence electrons. The molecule has 0 aliphatic carbocycles. The van der Waals surface area contributed by atoms with Crippen molar-refractivity contribution in [2.45, 2.75) is 6.92 Å². The zero-order chi connectivity index (χ0) is 23.6. The molecule has 3 aromatic rings. The number of aryl methyl sites for hydroxylation is 1. The first kappa shape index (κ1) is 23.2. The lowest BCUT2D eigenvalue weighted by molar-refractivity contribution is -0.112. The Hall–Kier alpha value is -4.45. The van der Waals surface area contributed by atoms with E-state index in [-0.39, 0.29) is 18.0 Å². The SMILES string of the molecule is COc1ccccc1OCCOc1ccc(C=C(C#N)C(=O)Nc2cc(C)on2)cc1OC. The zero-order valence-corrected chi connectivity index (χ0v) is 18.5. The molecule has 0 spiro atoms. The normalized spacial score (nSPS) is 10.8. The number of nitriles is 1. The largest absolute Gasteiger partial charge is 0.493 e. The van der Waals surface area contributed by atoms with Crippen molar-refractivity contribution in [3.05, 3.63) is 65.4 Å². The molecule has 33 heavy (non-hydrogen) atoms. The molecule has 0 radical (unpaired) electrons. The molecule has 1 heterocycles. The Kier molecular flexibility index (Phi) is 7.91. The van der Waals surface area contributed by atoms with Gasteiger partial charge in [0.25, 0.3) is 5.91 Å². The number of benzene rings is 2. The molecule has 1 N–H and O–H groups in total. The summed E-state index contributed by atoms with van der Waals surface area (Å²) in [5.41, 5.74) is 0.490. The minimum atomic E-state index is -0.599. The van der Waals surface area contributed by atoms with Crippen molar-refractivity contribution in [3.8, 4) is 29.1 Å². The van der Waals surface area contributed by atoms with Crippen molar-refractivity contribution < 1.29 is 28.3 Å². The first-order chi connectivity index (χ1) is 16.0. The summed E-state index contributed by atoms with van der Waals surface area (Å²) >= 11 is 0. The summed E-state index contributed by atoms with van der Waals surface area (Å²) in [5.74, 6) is 2.39.